The first-order chi connectivity index (χ1) is 8.80. The molecular weight excluding hydrogens is 254 g/mol. The van der Waals surface area contributed by atoms with Crippen LogP contribution in [0.3, 0.4) is 0 Å². The van der Waals surface area contributed by atoms with Crippen LogP contribution in [0.4, 0.5) is 5.69 Å². The number of carbonyl (C=O) groups excluding carboxylic acids is 1. The molecule has 0 spiro atoms. The lowest BCUT2D eigenvalue weighted by molar-refractivity contribution is -0.384. The minimum atomic E-state index is -1.40. The maximum absolute atomic E-state index is 11.8. The number of aromatic nitrogens is 1. The molecule has 0 radical (unpaired) electrons. The van der Waals surface area contributed by atoms with Crippen LogP contribution in [0.5, 0.6) is 0 Å². The lowest BCUT2D eigenvalue weighted by Crippen LogP contribution is -2.52. The van der Waals surface area contributed by atoms with Gasteiger partial charge in [-0.15, -0.1) is 0 Å². The molecule has 1 heterocycles. The number of carbonyl (C=O) groups is 2. The van der Waals surface area contributed by atoms with Crippen molar-refractivity contribution < 1.29 is 19.6 Å². The van der Waals surface area contributed by atoms with E-state index in [4.69, 9.17) is 5.11 Å². The van der Waals surface area contributed by atoms with Crippen LogP contribution in [0.15, 0.2) is 12.3 Å². The van der Waals surface area contributed by atoms with Crippen LogP contribution in [0.1, 0.15) is 37.2 Å². The molecule has 0 saturated carbocycles. The van der Waals surface area contributed by atoms with Crippen LogP contribution in [0.2, 0.25) is 0 Å². The van der Waals surface area contributed by atoms with Gasteiger partial charge in [0.1, 0.15) is 11.2 Å². The normalized spacial score (nSPS) is 13.6. The Morgan fingerprint density at radius 2 is 2.21 bits per heavy atom. The summed E-state index contributed by atoms with van der Waals surface area (Å²) in [7, 11) is 0. The molecule has 0 aliphatic rings. The van der Waals surface area contributed by atoms with Crippen molar-refractivity contribution in [2.24, 2.45) is 0 Å². The number of nitro groups is 1. The zero-order valence-corrected chi connectivity index (χ0v) is 10.6. The molecule has 0 bridgehead atoms. The summed E-state index contributed by atoms with van der Waals surface area (Å²) < 4.78 is 0. The zero-order chi connectivity index (χ0) is 14.6. The molecule has 1 rings (SSSR count). The summed E-state index contributed by atoms with van der Waals surface area (Å²) in [6.07, 6.45) is 1.91. The predicted octanol–water partition coefficient (Wildman–Crippen LogP) is 1.30. The van der Waals surface area contributed by atoms with Crippen LogP contribution in [0.25, 0.3) is 0 Å². The Morgan fingerprint density at radius 3 is 2.63 bits per heavy atom. The summed E-state index contributed by atoms with van der Waals surface area (Å²) in [5.74, 6) is -1.84. The molecule has 104 valence electrons. The molecule has 1 aromatic rings. The summed E-state index contributed by atoms with van der Waals surface area (Å²) in [4.78, 5) is 35.3. The minimum absolute atomic E-state index is 0.0460. The van der Waals surface area contributed by atoms with Crippen LogP contribution >= 0.6 is 0 Å². The molecule has 1 amide bonds. The van der Waals surface area contributed by atoms with Crippen molar-refractivity contribution in [3.63, 3.8) is 0 Å². The van der Waals surface area contributed by atoms with E-state index < -0.39 is 22.3 Å². The largest absolute Gasteiger partial charge is 0.480 e. The number of rotatable bonds is 6. The average molecular weight is 269 g/mol. The van der Waals surface area contributed by atoms with E-state index in [9.17, 15) is 19.7 Å². The molecule has 0 aliphatic heterocycles. The molecule has 8 nitrogen and oxygen atoms in total. The van der Waals surface area contributed by atoms with Crippen LogP contribution in [-0.2, 0) is 4.79 Å². The van der Waals surface area contributed by atoms with Crippen molar-refractivity contribution in [2.45, 2.75) is 32.2 Å². The summed E-state index contributed by atoms with van der Waals surface area (Å²) in [6.45, 7) is 3.20. The second-order valence-electron chi connectivity index (χ2n) is 4.37. The number of hydrogen-bond donors (Lipinski definition) is 3. The van der Waals surface area contributed by atoms with Gasteiger partial charge in [0.15, 0.2) is 0 Å². The van der Waals surface area contributed by atoms with E-state index in [2.05, 4.69) is 10.3 Å². The molecular formula is C11H15N3O5. The van der Waals surface area contributed by atoms with Gasteiger partial charge >= 0.3 is 5.97 Å². The number of nitrogens with zero attached hydrogens (tertiary/aromatic N) is 1. The van der Waals surface area contributed by atoms with Gasteiger partial charge in [-0.05, 0) is 13.3 Å². The molecule has 1 unspecified atom stereocenters. The van der Waals surface area contributed by atoms with Crippen molar-refractivity contribution in [3.8, 4) is 0 Å². The highest BCUT2D eigenvalue weighted by molar-refractivity contribution is 5.96. The number of aliphatic carboxylic acids is 1. The minimum Gasteiger partial charge on any atom is -0.480 e. The van der Waals surface area contributed by atoms with Crippen LogP contribution < -0.4 is 5.32 Å². The summed E-state index contributed by atoms with van der Waals surface area (Å²) >= 11 is 0. The maximum atomic E-state index is 11.8. The first kappa shape index (κ1) is 14.7. The van der Waals surface area contributed by atoms with E-state index in [0.29, 0.717) is 6.42 Å². The first-order valence-corrected chi connectivity index (χ1v) is 5.69. The van der Waals surface area contributed by atoms with Gasteiger partial charge in [-0.2, -0.15) is 0 Å². The van der Waals surface area contributed by atoms with Gasteiger partial charge in [0.25, 0.3) is 11.6 Å². The number of carboxylic acids is 1. The number of H-pyrrole nitrogens is 1. The molecule has 19 heavy (non-hydrogen) atoms. The topological polar surface area (TPSA) is 125 Å². The fourth-order valence-electron chi connectivity index (χ4n) is 1.66. The Kier molecular flexibility index (Phi) is 4.26. The van der Waals surface area contributed by atoms with Gasteiger partial charge in [-0.25, -0.2) is 4.79 Å². The van der Waals surface area contributed by atoms with Gasteiger partial charge in [-0.1, -0.05) is 13.3 Å². The van der Waals surface area contributed by atoms with Crippen molar-refractivity contribution >= 4 is 17.6 Å². The highest BCUT2D eigenvalue weighted by Crippen LogP contribution is 2.16. The molecule has 8 heteroatoms. The second-order valence-corrected chi connectivity index (χ2v) is 4.37. The summed E-state index contributed by atoms with van der Waals surface area (Å²) in [5, 5.41) is 22.0. The van der Waals surface area contributed by atoms with E-state index in [0.717, 1.165) is 12.3 Å². The number of aromatic amines is 1. The van der Waals surface area contributed by atoms with E-state index in [1.54, 1.807) is 6.92 Å². The Hall–Kier alpha value is -2.38. The van der Waals surface area contributed by atoms with Crippen molar-refractivity contribution in [3.05, 3.63) is 28.1 Å². The van der Waals surface area contributed by atoms with Crippen LogP contribution in [-0.4, -0.2) is 32.4 Å². The second kappa shape index (κ2) is 5.51. The monoisotopic (exact) mass is 269 g/mol. The molecule has 1 aromatic heterocycles. The molecule has 0 fully saturated rings. The Bertz CT molecular complexity index is 510. The Labute approximate surface area is 109 Å². The van der Waals surface area contributed by atoms with E-state index in [1.165, 1.54) is 6.92 Å². The van der Waals surface area contributed by atoms with Gasteiger partial charge in [0.2, 0.25) is 0 Å². The quantitative estimate of drug-likeness (QED) is 0.530. The number of carboxylic acid groups (broad SMARTS) is 1. The standard InChI is InChI=1S/C11H15N3O5/c1-3-4-11(2,10(16)17)13-9(15)8-5-7(6-12-8)14(18)19/h5-6,12H,3-4H2,1-2H3,(H,13,15)(H,16,17). The average Bonchev–Trinajstić information content (AvgIpc) is 2.78. The summed E-state index contributed by atoms with van der Waals surface area (Å²) in [6, 6.07) is 1.06. The fourth-order valence-corrected chi connectivity index (χ4v) is 1.66. The van der Waals surface area contributed by atoms with Gasteiger partial charge in [-0.3, -0.25) is 14.9 Å². The van der Waals surface area contributed by atoms with Crippen molar-refractivity contribution in [1.29, 1.82) is 0 Å². The molecule has 0 aromatic carbocycles. The molecule has 0 aliphatic carbocycles. The van der Waals surface area contributed by atoms with E-state index >= 15 is 0 Å². The van der Waals surface area contributed by atoms with Gasteiger partial charge < -0.3 is 15.4 Å². The third kappa shape index (κ3) is 3.30. The number of hydrogen-bond acceptors (Lipinski definition) is 4. The molecule has 0 saturated heterocycles. The van der Waals surface area contributed by atoms with E-state index in [1.807, 2.05) is 0 Å². The van der Waals surface area contributed by atoms with Crippen LogP contribution in [0, 0.1) is 10.1 Å². The van der Waals surface area contributed by atoms with E-state index in [-0.39, 0.29) is 17.8 Å². The van der Waals surface area contributed by atoms with Gasteiger partial charge in [0, 0.05) is 6.07 Å². The maximum Gasteiger partial charge on any atom is 0.329 e. The highest BCUT2D eigenvalue weighted by Gasteiger charge is 2.34. The highest BCUT2D eigenvalue weighted by atomic mass is 16.6. The predicted molar refractivity (Wildman–Crippen MR) is 65.9 cm³/mol. The Morgan fingerprint density at radius 1 is 1.58 bits per heavy atom. The SMILES string of the molecule is CCCC(C)(NC(=O)c1cc([N+](=O)[O-])c[nH]1)C(=O)O. The van der Waals surface area contributed by atoms with Gasteiger partial charge in [0.05, 0.1) is 11.1 Å². The summed E-state index contributed by atoms with van der Waals surface area (Å²) in [5.41, 5.74) is -1.70. The molecule has 3 N–H and O–H groups in total. The zero-order valence-electron chi connectivity index (χ0n) is 10.6. The lowest BCUT2D eigenvalue weighted by atomic mass is 9.96. The number of amides is 1. The molecule has 1 atom stereocenters. The first-order valence-electron chi connectivity index (χ1n) is 5.69. The fraction of sp³-hybridized carbons (Fsp3) is 0.455. The smallest absolute Gasteiger partial charge is 0.329 e. The lowest BCUT2D eigenvalue weighted by Gasteiger charge is -2.25. The van der Waals surface area contributed by atoms with Crippen molar-refractivity contribution in [1.82, 2.24) is 10.3 Å². The Balaban J connectivity index is 2.87. The third-order valence-electron chi connectivity index (χ3n) is 2.73. The number of nitrogens with one attached hydrogen (secondary N) is 2. The van der Waals surface area contributed by atoms with Crippen molar-refractivity contribution in [2.75, 3.05) is 0 Å². The third-order valence-corrected chi connectivity index (χ3v) is 2.73.